The van der Waals surface area contributed by atoms with Crippen molar-refractivity contribution in [1.82, 2.24) is 0 Å². The zero-order valence-corrected chi connectivity index (χ0v) is 24.5. The first kappa shape index (κ1) is 31.3. The van der Waals surface area contributed by atoms with Crippen LogP contribution in [0.3, 0.4) is 0 Å². The summed E-state index contributed by atoms with van der Waals surface area (Å²) in [6.45, 7) is 15.9. The molecule has 0 bridgehead atoms. The van der Waals surface area contributed by atoms with Gasteiger partial charge in [0, 0.05) is 25.0 Å². The second-order valence-electron chi connectivity index (χ2n) is 10.1. The van der Waals surface area contributed by atoms with Crippen LogP contribution < -0.4 is 5.19 Å². The molecule has 0 fully saturated rings. The van der Waals surface area contributed by atoms with Gasteiger partial charge in [0.1, 0.15) is 0 Å². The molecule has 4 heteroatoms. The van der Waals surface area contributed by atoms with Gasteiger partial charge in [-0.15, -0.1) is 0 Å². The molecule has 0 saturated heterocycles. The quantitative estimate of drug-likeness (QED) is 0.152. The Kier molecular flexibility index (Phi) is 18.0. The normalized spacial score (nSPS) is 16.2. The van der Waals surface area contributed by atoms with Crippen molar-refractivity contribution in [3.05, 3.63) is 30.3 Å². The van der Waals surface area contributed by atoms with Crippen LogP contribution in [0.4, 0.5) is 0 Å². The summed E-state index contributed by atoms with van der Waals surface area (Å²) >= 11 is 0. The molecular weight excluding hydrogens is 436 g/mol. The van der Waals surface area contributed by atoms with E-state index in [0.29, 0.717) is 17.8 Å². The first-order valence-corrected chi connectivity index (χ1v) is 16.3. The molecule has 1 aromatic rings. The van der Waals surface area contributed by atoms with Crippen LogP contribution in [-0.2, 0) is 13.3 Å². The lowest BCUT2D eigenvalue weighted by Crippen LogP contribution is -2.58. The Morgan fingerprint density at radius 3 is 1.21 bits per heavy atom. The Balaban J connectivity index is 3.16. The second kappa shape index (κ2) is 19.5. The zero-order chi connectivity index (χ0) is 25.1. The number of hydrogen-bond donors (Lipinski definition) is 0. The van der Waals surface area contributed by atoms with Gasteiger partial charge in [0.15, 0.2) is 0 Å². The van der Waals surface area contributed by atoms with Crippen LogP contribution in [0.25, 0.3) is 0 Å². The molecule has 198 valence electrons. The predicted octanol–water partition coefficient (Wildman–Crippen LogP) is 8.53. The van der Waals surface area contributed by atoms with Crippen molar-refractivity contribution < 1.29 is 13.3 Å². The number of hydrogen-bond acceptors (Lipinski definition) is 3. The minimum Gasteiger partial charge on any atom is -0.370 e. The third-order valence-electron chi connectivity index (χ3n) is 7.28. The standard InChI is InChI=1S/C30H56O3Si/c1-7-13-19-27(10-4)24-31-34(30-22-17-16-18-23-30,32-25-28(11-5)20-14-8-2)33-26-29(12-6)21-15-9-3/h16-18,22-23,27-29H,7-15,19-21,24-26H2,1-6H3. The Morgan fingerprint density at radius 2 is 0.912 bits per heavy atom. The van der Waals surface area contributed by atoms with Crippen LogP contribution in [0.1, 0.15) is 119 Å². The zero-order valence-electron chi connectivity index (χ0n) is 23.5. The maximum atomic E-state index is 6.86. The number of benzene rings is 1. The summed E-state index contributed by atoms with van der Waals surface area (Å²) in [5.41, 5.74) is 0. The highest BCUT2D eigenvalue weighted by atomic mass is 28.4. The van der Waals surface area contributed by atoms with E-state index in [0.717, 1.165) is 44.3 Å². The molecule has 0 saturated carbocycles. The van der Waals surface area contributed by atoms with Gasteiger partial charge in [0.2, 0.25) is 0 Å². The van der Waals surface area contributed by atoms with Crippen molar-refractivity contribution in [1.29, 1.82) is 0 Å². The summed E-state index contributed by atoms with van der Waals surface area (Å²) in [5.74, 6) is 1.69. The minimum atomic E-state index is -3.03. The molecule has 0 spiro atoms. The second-order valence-corrected chi connectivity index (χ2v) is 12.7. The Bertz CT molecular complexity index is 529. The summed E-state index contributed by atoms with van der Waals surface area (Å²) < 4.78 is 20.6. The van der Waals surface area contributed by atoms with Crippen LogP contribution in [0.5, 0.6) is 0 Å². The molecule has 0 amide bonds. The van der Waals surface area contributed by atoms with Gasteiger partial charge in [0.25, 0.3) is 0 Å². The first-order chi connectivity index (χ1) is 16.6. The fraction of sp³-hybridized carbons (Fsp3) is 0.800. The van der Waals surface area contributed by atoms with E-state index < -0.39 is 8.80 Å². The molecule has 1 aromatic carbocycles. The third-order valence-corrected chi connectivity index (χ3v) is 9.96. The summed E-state index contributed by atoms with van der Waals surface area (Å²) in [5, 5.41) is 1.12. The predicted molar refractivity (Wildman–Crippen MR) is 150 cm³/mol. The van der Waals surface area contributed by atoms with Gasteiger partial charge in [-0.2, -0.15) is 0 Å². The summed E-state index contributed by atoms with van der Waals surface area (Å²) in [6, 6.07) is 10.6. The van der Waals surface area contributed by atoms with Crippen molar-refractivity contribution in [2.75, 3.05) is 19.8 Å². The monoisotopic (exact) mass is 492 g/mol. The van der Waals surface area contributed by atoms with Crippen LogP contribution in [-0.4, -0.2) is 28.6 Å². The van der Waals surface area contributed by atoms with E-state index in [4.69, 9.17) is 13.3 Å². The maximum Gasteiger partial charge on any atom is 0.537 e. The van der Waals surface area contributed by atoms with Crippen molar-refractivity contribution in [3.63, 3.8) is 0 Å². The van der Waals surface area contributed by atoms with Crippen molar-refractivity contribution in [2.24, 2.45) is 17.8 Å². The lowest BCUT2D eigenvalue weighted by molar-refractivity contribution is 0.0362. The fourth-order valence-electron chi connectivity index (χ4n) is 4.39. The summed E-state index contributed by atoms with van der Waals surface area (Å²) in [7, 11) is -3.03. The molecule has 1 rings (SSSR count). The SMILES string of the molecule is CCCCC(CC)CO[Si](OCC(CC)CCCC)(OCC(CC)CCCC)c1ccccc1. The average molecular weight is 493 g/mol. The molecule has 0 radical (unpaired) electrons. The van der Waals surface area contributed by atoms with Crippen molar-refractivity contribution in [3.8, 4) is 0 Å². The van der Waals surface area contributed by atoms with Crippen molar-refractivity contribution in [2.45, 2.75) is 119 Å². The van der Waals surface area contributed by atoms with Gasteiger partial charge < -0.3 is 13.3 Å². The Morgan fingerprint density at radius 1 is 0.559 bits per heavy atom. The average Bonchev–Trinajstić information content (AvgIpc) is 2.88. The van der Waals surface area contributed by atoms with Gasteiger partial charge in [0.05, 0.1) is 0 Å². The van der Waals surface area contributed by atoms with Gasteiger partial charge >= 0.3 is 8.80 Å². The van der Waals surface area contributed by atoms with E-state index in [1.165, 1.54) is 57.8 Å². The Labute approximate surface area is 213 Å². The molecule has 34 heavy (non-hydrogen) atoms. The molecule has 3 unspecified atom stereocenters. The molecule has 3 nitrogen and oxygen atoms in total. The molecule has 3 atom stereocenters. The van der Waals surface area contributed by atoms with Crippen LogP contribution in [0, 0.1) is 17.8 Å². The van der Waals surface area contributed by atoms with E-state index in [1.54, 1.807) is 0 Å². The minimum absolute atomic E-state index is 0.562. The van der Waals surface area contributed by atoms with Crippen LogP contribution in [0.2, 0.25) is 0 Å². The largest absolute Gasteiger partial charge is 0.537 e. The molecule has 0 aliphatic rings. The summed E-state index contributed by atoms with van der Waals surface area (Å²) in [6.07, 6.45) is 14.5. The van der Waals surface area contributed by atoms with Crippen LogP contribution in [0.15, 0.2) is 30.3 Å². The molecule has 0 N–H and O–H groups in total. The third kappa shape index (κ3) is 11.8. The summed E-state index contributed by atoms with van der Waals surface area (Å²) in [4.78, 5) is 0. The van der Waals surface area contributed by atoms with E-state index in [1.807, 2.05) is 0 Å². The molecule has 0 aromatic heterocycles. The van der Waals surface area contributed by atoms with Gasteiger partial charge in [-0.25, -0.2) is 0 Å². The maximum absolute atomic E-state index is 6.86. The van der Waals surface area contributed by atoms with Crippen LogP contribution >= 0.6 is 0 Å². The highest BCUT2D eigenvalue weighted by Gasteiger charge is 2.45. The lowest BCUT2D eigenvalue weighted by Gasteiger charge is -2.34. The molecule has 0 aliphatic heterocycles. The highest BCUT2D eigenvalue weighted by Crippen LogP contribution is 2.23. The van der Waals surface area contributed by atoms with Gasteiger partial charge in [-0.05, 0) is 37.0 Å². The van der Waals surface area contributed by atoms with E-state index >= 15 is 0 Å². The van der Waals surface area contributed by atoms with E-state index in [-0.39, 0.29) is 0 Å². The molecule has 0 heterocycles. The smallest absolute Gasteiger partial charge is 0.370 e. The highest BCUT2D eigenvalue weighted by molar-refractivity contribution is 6.75. The number of unbranched alkanes of at least 4 members (excludes halogenated alkanes) is 3. The molecule has 0 aliphatic carbocycles. The van der Waals surface area contributed by atoms with Gasteiger partial charge in [-0.1, -0.05) is 130 Å². The fourth-order valence-corrected chi connectivity index (χ4v) is 7.11. The van der Waals surface area contributed by atoms with E-state index in [2.05, 4.69) is 71.9 Å². The topological polar surface area (TPSA) is 27.7 Å². The van der Waals surface area contributed by atoms with E-state index in [9.17, 15) is 0 Å². The van der Waals surface area contributed by atoms with Crippen molar-refractivity contribution >= 4 is 14.0 Å². The number of rotatable bonds is 22. The molecular formula is C30H56O3Si. The van der Waals surface area contributed by atoms with Gasteiger partial charge in [-0.3, -0.25) is 0 Å². The first-order valence-electron chi connectivity index (χ1n) is 14.6. The lowest BCUT2D eigenvalue weighted by atomic mass is 10.0. The Hall–Kier alpha value is -0.683.